The maximum Gasteiger partial charge on any atom is 0.0952 e. The molecule has 0 aliphatic rings. The number of nitrogens with zero attached hydrogens (tertiary/aromatic N) is 1. The van der Waals surface area contributed by atoms with Gasteiger partial charge in [-0.3, -0.25) is 0 Å². The molecular formula is C15H20N2O. The van der Waals surface area contributed by atoms with Crippen LogP contribution >= 0.6 is 0 Å². The molecule has 2 aromatic rings. The zero-order chi connectivity index (χ0) is 13.0. The second kappa shape index (κ2) is 5.74. The summed E-state index contributed by atoms with van der Waals surface area (Å²) in [6.07, 6.45) is 3.51. The summed E-state index contributed by atoms with van der Waals surface area (Å²) in [6, 6.07) is 8.59. The number of aryl methyl sites for hydroxylation is 1. The number of hydrogen-bond donors (Lipinski definition) is 1. The van der Waals surface area contributed by atoms with Crippen molar-refractivity contribution >= 4 is 5.69 Å². The van der Waals surface area contributed by atoms with Gasteiger partial charge in [0.2, 0.25) is 0 Å². The summed E-state index contributed by atoms with van der Waals surface area (Å²) in [5.41, 5.74) is 5.07. The van der Waals surface area contributed by atoms with Gasteiger partial charge in [0.1, 0.15) is 0 Å². The monoisotopic (exact) mass is 244 g/mol. The van der Waals surface area contributed by atoms with Gasteiger partial charge in [-0.15, -0.1) is 0 Å². The molecule has 0 saturated carbocycles. The summed E-state index contributed by atoms with van der Waals surface area (Å²) in [5, 5.41) is 3.17. The average molecular weight is 244 g/mol. The lowest BCUT2D eigenvalue weighted by Gasteiger charge is -2.21. The highest BCUT2D eigenvalue weighted by molar-refractivity contribution is 5.54. The van der Waals surface area contributed by atoms with Crippen LogP contribution in [0.15, 0.2) is 41.2 Å². The number of nitrogens with one attached hydrogen (secondary N) is 1. The van der Waals surface area contributed by atoms with Gasteiger partial charge in [0.05, 0.1) is 12.5 Å². The summed E-state index contributed by atoms with van der Waals surface area (Å²) >= 11 is 0. The molecular weight excluding hydrogens is 224 g/mol. The molecule has 3 nitrogen and oxygen atoms in total. The summed E-state index contributed by atoms with van der Waals surface area (Å²) < 4.78 is 5.10. The SMILES string of the molecule is CNCc1ccc(N(C)Cc2ccoc2)c(C)c1. The largest absolute Gasteiger partial charge is 0.472 e. The van der Waals surface area contributed by atoms with Crippen LogP contribution in [-0.4, -0.2) is 14.1 Å². The molecule has 0 amide bonds. The third-order valence-corrected chi connectivity index (χ3v) is 3.05. The third-order valence-electron chi connectivity index (χ3n) is 3.05. The lowest BCUT2D eigenvalue weighted by Crippen LogP contribution is -2.17. The number of hydrogen-bond acceptors (Lipinski definition) is 3. The quantitative estimate of drug-likeness (QED) is 0.876. The predicted octanol–water partition coefficient (Wildman–Crippen LogP) is 2.94. The van der Waals surface area contributed by atoms with Gasteiger partial charge in [0, 0.05) is 31.4 Å². The normalized spacial score (nSPS) is 10.6. The van der Waals surface area contributed by atoms with Gasteiger partial charge in [-0.1, -0.05) is 12.1 Å². The number of anilines is 1. The van der Waals surface area contributed by atoms with Gasteiger partial charge >= 0.3 is 0 Å². The molecule has 0 bridgehead atoms. The van der Waals surface area contributed by atoms with E-state index < -0.39 is 0 Å². The second-order valence-corrected chi connectivity index (χ2v) is 4.64. The van der Waals surface area contributed by atoms with E-state index in [2.05, 4.69) is 42.4 Å². The molecule has 0 aliphatic carbocycles. The molecule has 0 fully saturated rings. The zero-order valence-corrected chi connectivity index (χ0v) is 11.2. The van der Waals surface area contributed by atoms with Crippen LogP contribution in [0.1, 0.15) is 16.7 Å². The van der Waals surface area contributed by atoms with Crippen LogP contribution in [0.5, 0.6) is 0 Å². The van der Waals surface area contributed by atoms with Crippen LogP contribution in [0, 0.1) is 6.92 Å². The fourth-order valence-corrected chi connectivity index (χ4v) is 2.20. The first-order valence-corrected chi connectivity index (χ1v) is 6.17. The first-order valence-electron chi connectivity index (χ1n) is 6.17. The Balaban J connectivity index is 2.12. The van der Waals surface area contributed by atoms with Gasteiger partial charge in [-0.2, -0.15) is 0 Å². The van der Waals surface area contributed by atoms with Crippen LogP contribution in [-0.2, 0) is 13.1 Å². The minimum absolute atomic E-state index is 0.864. The Morgan fingerprint density at radius 3 is 2.67 bits per heavy atom. The predicted molar refractivity (Wildman–Crippen MR) is 74.8 cm³/mol. The number of furan rings is 1. The van der Waals surface area contributed by atoms with E-state index in [9.17, 15) is 0 Å². The molecule has 1 heterocycles. The van der Waals surface area contributed by atoms with Crippen molar-refractivity contribution in [2.45, 2.75) is 20.0 Å². The molecule has 96 valence electrons. The van der Waals surface area contributed by atoms with Crippen molar-refractivity contribution in [2.75, 3.05) is 19.0 Å². The summed E-state index contributed by atoms with van der Waals surface area (Å²) in [7, 11) is 4.07. The van der Waals surface area contributed by atoms with Crippen molar-refractivity contribution in [2.24, 2.45) is 0 Å². The lowest BCUT2D eigenvalue weighted by atomic mass is 10.1. The molecule has 1 aromatic heterocycles. The lowest BCUT2D eigenvalue weighted by molar-refractivity contribution is 0.563. The molecule has 3 heteroatoms. The molecule has 0 unspecified atom stereocenters. The van der Waals surface area contributed by atoms with Crippen LogP contribution in [0.2, 0.25) is 0 Å². The van der Waals surface area contributed by atoms with Gasteiger partial charge in [-0.05, 0) is 37.2 Å². The van der Waals surface area contributed by atoms with Crippen molar-refractivity contribution in [3.63, 3.8) is 0 Å². The summed E-state index contributed by atoms with van der Waals surface area (Å²) in [6.45, 7) is 3.93. The summed E-state index contributed by atoms with van der Waals surface area (Å²) in [5.74, 6) is 0. The highest BCUT2D eigenvalue weighted by Gasteiger charge is 2.06. The molecule has 0 radical (unpaired) electrons. The second-order valence-electron chi connectivity index (χ2n) is 4.64. The van der Waals surface area contributed by atoms with Crippen molar-refractivity contribution < 1.29 is 4.42 Å². The van der Waals surface area contributed by atoms with E-state index in [0.717, 1.165) is 13.1 Å². The minimum atomic E-state index is 0.864. The maximum atomic E-state index is 5.10. The molecule has 18 heavy (non-hydrogen) atoms. The van der Waals surface area contributed by atoms with E-state index in [0.29, 0.717) is 0 Å². The molecule has 2 rings (SSSR count). The molecule has 1 N–H and O–H groups in total. The first kappa shape index (κ1) is 12.7. The van der Waals surface area contributed by atoms with E-state index in [1.807, 2.05) is 13.1 Å². The number of benzene rings is 1. The summed E-state index contributed by atoms with van der Waals surface area (Å²) in [4.78, 5) is 2.24. The molecule has 0 aliphatic heterocycles. The fourth-order valence-electron chi connectivity index (χ4n) is 2.20. The molecule has 0 spiro atoms. The van der Waals surface area contributed by atoms with Crippen molar-refractivity contribution in [1.29, 1.82) is 0 Å². The van der Waals surface area contributed by atoms with E-state index in [-0.39, 0.29) is 0 Å². The van der Waals surface area contributed by atoms with Crippen molar-refractivity contribution in [3.05, 3.63) is 53.5 Å². The number of rotatable bonds is 5. The minimum Gasteiger partial charge on any atom is -0.472 e. The van der Waals surface area contributed by atoms with Crippen LogP contribution < -0.4 is 10.2 Å². The fraction of sp³-hybridized carbons (Fsp3) is 0.333. The Labute approximate surface area is 108 Å². The Bertz CT molecular complexity index is 491. The van der Waals surface area contributed by atoms with Crippen molar-refractivity contribution in [3.8, 4) is 0 Å². The molecule has 1 aromatic carbocycles. The smallest absolute Gasteiger partial charge is 0.0952 e. The highest BCUT2D eigenvalue weighted by Crippen LogP contribution is 2.22. The third kappa shape index (κ3) is 2.93. The molecule has 0 saturated heterocycles. The highest BCUT2D eigenvalue weighted by atomic mass is 16.3. The van der Waals surface area contributed by atoms with E-state index >= 15 is 0 Å². The zero-order valence-electron chi connectivity index (χ0n) is 11.2. The van der Waals surface area contributed by atoms with Crippen molar-refractivity contribution in [1.82, 2.24) is 5.32 Å². The van der Waals surface area contributed by atoms with Crippen LogP contribution in [0.25, 0.3) is 0 Å². The van der Waals surface area contributed by atoms with Gasteiger partial charge < -0.3 is 14.6 Å². The Kier molecular flexibility index (Phi) is 4.05. The van der Waals surface area contributed by atoms with E-state index in [1.54, 1.807) is 12.5 Å². The standard InChI is InChI=1S/C15H20N2O/c1-12-8-13(9-16-2)4-5-15(12)17(3)10-14-6-7-18-11-14/h4-8,11,16H,9-10H2,1-3H3. The topological polar surface area (TPSA) is 28.4 Å². The van der Waals surface area contributed by atoms with Crippen LogP contribution in [0.3, 0.4) is 0 Å². The van der Waals surface area contributed by atoms with Gasteiger partial charge in [-0.25, -0.2) is 0 Å². The van der Waals surface area contributed by atoms with Crippen LogP contribution in [0.4, 0.5) is 5.69 Å². The molecule has 0 atom stereocenters. The average Bonchev–Trinajstić information content (AvgIpc) is 2.82. The van der Waals surface area contributed by atoms with E-state index in [1.165, 1.54) is 22.4 Å². The Morgan fingerprint density at radius 2 is 2.06 bits per heavy atom. The van der Waals surface area contributed by atoms with E-state index in [4.69, 9.17) is 4.42 Å². The maximum absolute atomic E-state index is 5.10. The van der Waals surface area contributed by atoms with Gasteiger partial charge in [0.25, 0.3) is 0 Å². The first-order chi connectivity index (χ1) is 8.70. The Hall–Kier alpha value is -1.74. The Morgan fingerprint density at radius 1 is 1.22 bits per heavy atom. The van der Waals surface area contributed by atoms with Gasteiger partial charge in [0.15, 0.2) is 0 Å².